The summed E-state index contributed by atoms with van der Waals surface area (Å²) in [5.41, 5.74) is 2.28. The first kappa shape index (κ1) is 35.1. The van der Waals surface area contributed by atoms with Gasteiger partial charge >= 0.3 is 23.9 Å². The number of carboxylic acid groups (broad SMARTS) is 4. The first-order chi connectivity index (χ1) is 18.0. The van der Waals surface area contributed by atoms with Gasteiger partial charge in [0.05, 0.1) is 17.6 Å². The molecule has 2 aromatic rings. The SMILES string of the molecule is CCOCCn1c(N2CCCN(C)CC2)nc2ccccc21.Cl.O=C(O)/C=C/C(=O)O.O=C(O)/C=C/C(=O)O. The molecule has 1 fully saturated rings. The Hall–Kier alpha value is -3.94. The molecule has 1 aliphatic rings. The van der Waals surface area contributed by atoms with Crippen molar-refractivity contribution >= 4 is 53.3 Å². The maximum absolute atomic E-state index is 9.55. The Labute approximate surface area is 232 Å². The molecule has 1 aliphatic heterocycles. The van der Waals surface area contributed by atoms with Gasteiger partial charge in [0, 0.05) is 57.1 Å². The minimum Gasteiger partial charge on any atom is -0.478 e. The smallest absolute Gasteiger partial charge is 0.328 e. The molecular formula is C25H35ClN4O9. The molecule has 0 atom stereocenters. The van der Waals surface area contributed by atoms with E-state index in [-0.39, 0.29) is 12.4 Å². The molecule has 13 nitrogen and oxygen atoms in total. The fraction of sp³-hybridized carbons (Fsp3) is 0.400. The lowest BCUT2D eigenvalue weighted by atomic mass is 10.3. The van der Waals surface area contributed by atoms with Gasteiger partial charge in [0.15, 0.2) is 0 Å². The Kier molecular flexibility index (Phi) is 17.2. The summed E-state index contributed by atoms with van der Waals surface area (Å²) in [6.45, 7) is 8.75. The van der Waals surface area contributed by atoms with Crippen molar-refractivity contribution in [2.75, 3.05) is 51.3 Å². The molecule has 0 radical (unpaired) electrons. The highest BCUT2D eigenvalue weighted by Crippen LogP contribution is 2.23. The molecule has 1 aromatic heterocycles. The van der Waals surface area contributed by atoms with E-state index in [9.17, 15) is 19.2 Å². The van der Waals surface area contributed by atoms with Crippen LogP contribution in [0, 0.1) is 0 Å². The van der Waals surface area contributed by atoms with Crippen LogP contribution in [0.4, 0.5) is 5.95 Å². The average molecular weight is 571 g/mol. The third-order valence-corrected chi connectivity index (χ3v) is 5.04. The Bertz CT molecular complexity index is 1070. The first-order valence-corrected chi connectivity index (χ1v) is 11.8. The number of anilines is 1. The summed E-state index contributed by atoms with van der Waals surface area (Å²) in [6, 6.07) is 8.39. The Morgan fingerprint density at radius 3 is 1.92 bits per heavy atom. The van der Waals surface area contributed by atoms with Crippen LogP contribution >= 0.6 is 12.4 Å². The third kappa shape index (κ3) is 14.5. The van der Waals surface area contributed by atoms with Crippen LogP contribution in [0.3, 0.4) is 0 Å². The zero-order valence-electron chi connectivity index (χ0n) is 21.8. The van der Waals surface area contributed by atoms with Gasteiger partial charge in [-0.25, -0.2) is 24.2 Å². The van der Waals surface area contributed by atoms with Crippen LogP contribution in [-0.2, 0) is 30.5 Å². The van der Waals surface area contributed by atoms with Crippen LogP contribution in [0.25, 0.3) is 11.0 Å². The van der Waals surface area contributed by atoms with E-state index >= 15 is 0 Å². The van der Waals surface area contributed by atoms with Crippen molar-refractivity contribution in [3.8, 4) is 0 Å². The molecule has 0 unspecified atom stereocenters. The highest BCUT2D eigenvalue weighted by Gasteiger charge is 2.19. The number of hydrogen-bond donors (Lipinski definition) is 4. The number of aliphatic carboxylic acids is 4. The van der Waals surface area contributed by atoms with E-state index in [4.69, 9.17) is 30.1 Å². The van der Waals surface area contributed by atoms with Crippen molar-refractivity contribution in [3.05, 3.63) is 48.6 Å². The molecule has 0 spiro atoms. The van der Waals surface area contributed by atoms with Crippen molar-refractivity contribution in [1.29, 1.82) is 0 Å². The van der Waals surface area contributed by atoms with Gasteiger partial charge in [-0.3, -0.25) is 0 Å². The lowest BCUT2D eigenvalue weighted by Crippen LogP contribution is -2.31. The number of ether oxygens (including phenoxy) is 1. The third-order valence-electron chi connectivity index (χ3n) is 5.04. The molecule has 0 saturated carbocycles. The van der Waals surface area contributed by atoms with E-state index in [1.54, 1.807) is 0 Å². The van der Waals surface area contributed by atoms with Crippen LogP contribution in [0.2, 0.25) is 0 Å². The maximum Gasteiger partial charge on any atom is 0.328 e. The van der Waals surface area contributed by atoms with Crippen molar-refractivity contribution in [1.82, 2.24) is 14.5 Å². The predicted octanol–water partition coefficient (Wildman–Crippen LogP) is 2.06. The summed E-state index contributed by atoms with van der Waals surface area (Å²) in [5, 5.41) is 31.2. The van der Waals surface area contributed by atoms with Gasteiger partial charge in [-0.2, -0.15) is 0 Å². The topological polar surface area (TPSA) is 183 Å². The van der Waals surface area contributed by atoms with Crippen LogP contribution in [0.1, 0.15) is 13.3 Å². The van der Waals surface area contributed by atoms with Crippen molar-refractivity contribution < 1.29 is 44.3 Å². The number of hydrogen-bond acceptors (Lipinski definition) is 8. The van der Waals surface area contributed by atoms with Crippen molar-refractivity contribution in [2.24, 2.45) is 0 Å². The second-order valence-corrected chi connectivity index (χ2v) is 7.91. The number of carbonyl (C=O) groups is 4. The summed E-state index contributed by atoms with van der Waals surface area (Å²) in [6.07, 6.45) is 3.42. The molecule has 2 heterocycles. The van der Waals surface area contributed by atoms with Gasteiger partial charge in [-0.1, -0.05) is 12.1 Å². The number of para-hydroxylation sites is 2. The molecule has 3 rings (SSSR count). The highest BCUT2D eigenvalue weighted by molar-refractivity contribution is 5.90. The second kappa shape index (κ2) is 19.2. The molecule has 0 amide bonds. The van der Waals surface area contributed by atoms with Crippen LogP contribution < -0.4 is 4.90 Å². The number of likely N-dealkylation sites (N-methyl/N-ethyl adjacent to an activating group) is 1. The fourth-order valence-corrected chi connectivity index (χ4v) is 3.36. The van der Waals surface area contributed by atoms with E-state index in [1.807, 2.05) is 6.92 Å². The minimum absolute atomic E-state index is 0. The molecule has 0 bridgehead atoms. The van der Waals surface area contributed by atoms with E-state index in [1.165, 1.54) is 11.9 Å². The van der Waals surface area contributed by atoms with Crippen LogP contribution in [-0.4, -0.2) is 105 Å². The Morgan fingerprint density at radius 1 is 0.872 bits per heavy atom. The van der Waals surface area contributed by atoms with Gasteiger partial charge < -0.3 is 39.5 Å². The van der Waals surface area contributed by atoms with Gasteiger partial charge in [0.2, 0.25) is 5.95 Å². The highest BCUT2D eigenvalue weighted by atomic mass is 35.5. The number of imidazole rings is 1. The molecule has 1 aromatic carbocycles. The minimum atomic E-state index is -1.26. The summed E-state index contributed by atoms with van der Waals surface area (Å²) >= 11 is 0. The van der Waals surface area contributed by atoms with E-state index in [0.717, 1.165) is 57.4 Å². The number of fused-ring (bicyclic) bond motifs is 1. The van der Waals surface area contributed by atoms with E-state index in [0.29, 0.717) is 24.3 Å². The summed E-state index contributed by atoms with van der Waals surface area (Å²) in [4.78, 5) is 47.9. The summed E-state index contributed by atoms with van der Waals surface area (Å²) in [5.74, 6) is -3.93. The molecule has 0 aliphatic carbocycles. The fourth-order valence-electron chi connectivity index (χ4n) is 3.36. The normalized spacial score (nSPS) is 13.5. The van der Waals surface area contributed by atoms with Crippen LogP contribution in [0.5, 0.6) is 0 Å². The first-order valence-electron chi connectivity index (χ1n) is 11.8. The van der Waals surface area contributed by atoms with Crippen molar-refractivity contribution in [2.45, 2.75) is 19.9 Å². The Balaban J connectivity index is 0.000000708. The molecular weight excluding hydrogens is 536 g/mol. The number of nitrogens with zero attached hydrogens (tertiary/aromatic N) is 4. The summed E-state index contributed by atoms with van der Waals surface area (Å²) < 4.78 is 7.88. The lowest BCUT2D eigenvalue weighted by Gasteiger charge is -2.23. The molecule has 14 heteroatoms. The Morgan fingerprint density at radius 2 is 1.41 bits per heavy atom. The molecule has 216 valence electrons. The standard InChI is InChI=1S/C17H26N4O.2C4H4O4.ClH/c1-3-22-14-13-21-16-8-5-4-7-15(16)18-17(21)20-10-6-9-19(2)11-12-20;2*5-3(6)1-2-4(7)8;/h4-5,7-8H,3,6,9-14H2,1-2H3;2*1-2H,(H,5,6)(H,7,8);1H/b;2*2-1+;. The number of rotatable bonds is 9. The van der Waals surface area contributed by atoms with Gasteiger partial charge in [0.25, 0.3) is 0 Å². The van der Waals surface area contributed by atoms with Crippen LogP contribution in [0.15, 0.2) is 48.6 Å². The number of halogens is 1. The number of benzene rings is 1. The van der Waals surface area contributed by atoms with E-state index in [2.05, 4.69) is 45.7 Å². The molecule has 39 heavy (non-hydrogen) atoms. The molecule has 1 saturated heterocycles. The lowest BCUT2D eigenvalue weighted by molar-refractivity contribution is -0.134. The summed E-state index contributed by atoms with van der Waals surface area (Å²) in [7, 11) is 2.20. The predicted molar refractivity (Wildman–Crippen MR) is 147 cm³/mol. The average Bonchev–Trinajstić information content (AvgIpc) is 3.08. The van der Waals surface area contributed by atoms with E-state index < -0.39 is 23.9 Å². The number of aromatic nitrogens is 2. The number of carboxylic acids is 4. The second-order valence-electron chi connectivity index (χ2n) is 7.91. The largest absolute Gasteiger partial charge is 0.478 e. The quantitative estimate of drug-likeness (QED) is 0.254. The molecule has 4 N–H and O–H groups in total. The maximum atomic E-state index is 9.55. The van der Waals surface area contributed by atoms with Gasteiger partial charge in [-0.05, 0) is 39.1 Å². The zero-order chi connectivity index (χ0) is 28.5. The van der Waals surface area contributed by atoms with Crippen molar-refractivity contribution in [3.63, 3.8) is 0 Å². The monoisotopic (exact) mass is 570 g/mol. The van der Waals surface area contributed by atoms with Gasteiger partial charge in [-0.15, -0.1) is 12.4 Å². The van der Waals surface area contributed by atoms with Gasteiger partial charge in [0.1, 0.15) is 0 Å². The zero-order valence-corrected chi connectivity index (χ0v) is 22.6.